The van der Waals surface area contributed by atoms with Crippen molar-refractivity contribution in [2.45, 2.75) is 26.3 Å². The van der Waals surface area contributed by atoms with E-state index < -0.39 is 5.97 Å². The van der Waals surface area contributed by atoms with Gasteiger partial charge in [0.2, 0.25) is 0 Å². The van der Waals surface area contributed by atoms with Crippen LogP contribution in [0, 0.1) is 12.8 Å². The summed E-state index contributed by atoms with van der Waals surface area (Å²) in [5.41, 5.74) is 5.04. The molecule has 7 nitrogen and oxygen atoms in total. The van der Waals surface area contributed by atoms with Gasteiger partial charge >= 0.3 is 0 Å². The molecule has 0 saturated carbocycles. The number of ether oxygens (including phenoxy) is 2. The average Bonchev–Trinajstić information content (AvgIpc) is 3.11. The normalized spacial score (nSPS) is 19.0. The fourth-order valence-electron chi connectivity index (χ4n) is 4.26. The molecule has 0 unspecified atom stereocenters. The molecule has 1 saturated heterocycles. The van der Waals surface area contributed by atoms with Gasteiger partial charge in [-0.3, -0.25) is 4.40 Å². The number of methoxy groups -OCH3 is 2. The second kappa shape index (κ2) is 8.36. The molecular weight excluding hydrogens is 382 g/mol. The minimum atomic E-state index is -0.925. The van der Waals surface area contributed by atoms with Crippen LogP contribution in [-0.2, 0) is 11.3 Å². The number of rotatable bonds is 6. The molecule has 1 aliphatic heterocycles. The van der Waals surface area contributed by atoms with Gasteiger partial charge < -0.3 is 24.3 Å². The highest BCUT2D eigenvalue weighted by molar-refractivity contribution is 5.69. The van der Waals surface area contributed by atoms with E-state index in [1.54, 1.807) is 14.2 Å². The van der Waals surface area contributed by atoms with Crippen molar-refractivity contribution in [1.82, 2.24) is 9.38 Å². The van der Waals surface area contributed by atoms with Crippen molar-refractivity contribution in [2.24, 2.45) is 5.92 Å². The Balaban J connectivity index is 1.73. The zero-order chi connectivity index (χ0) is 21.3. The van der Waals surface area contributed by atoms with E-state index in [9.17, 15) is 9.90 Å². The summed E-state index contributed by atoms with van der Waals surface area (Å²) in [4.78, 5) is 17.5. The quantitative estimate of drug-likeness (QED) is 0.654. The number of carbonyl (C=O) groups excluding carboxylic acids is 1. The van der Waals surface area contributed by atoms with Crippen LogP contribution in [0.25, 0.3) is 16.9 Å². The molecule has 0 radical (unpaired) electrons. The molecule has 0 aliphatic carbocycles. The Hall–Kier alpha value is -3.06. The summed E-state index contributed by atoms with van der Waals surface area (Å²) in [6.45, 7) is 4.46. The minimum Gasteiger partial charge on any atom is -0.550 e. The molecule has 3 heterocycles. The molecule has 30 heavy (non-hydrogen) atoms. The van der Waals surface area contributed by atoms with E-state index in [0.717, 1.165) is 47.8 Å². The molecule has 3 aromatic rings. The minimum absolute atomic E-state index is 0.330. The Morgan fingerprint density at radius 1 is 1.17 bits per heavy atom. The Bertz CT molecular complexity index is 1070. The molecule has 1 aromatic carbocycles. The molecular formula is C23H27N3O4. The van der Waals surface area contributed by atoms with E-state index in [1.807, 2.05) is 24.3 Å². The van der Waals surface area contributed by atoms with Gasteiger partial charge in [-0.05, 0) is 36.8 Å². The highest BCUT2D eigenvalue weighted by Crippen LogP contribution is 2.33. The molecule has 1 aliphatic rings. The SMILES string of the molecule is COc1ccc(-c2nc3ccc(C)cn3c2C[NH+]2CCC(C(=O)[O-])CC2)cc1OC. The highest BCUT2D eigenvalue weighted by atomic mass is 16.5. The van der Waals surface area contributed by atoms with Crippen LogP contribution in [0.4, 0.5) is 0 Å². The number of fused-ring (bicyclic) bond motifs is 1. The lowest BCUT2D eigenvalue weighted by atomic mass is 9.97. The fraction of sp³-hybridized carbons (Fsp3) is 0.391. The summed E-state index contributed by atoms with van der Waals surface area (Å²) in [6.07, 6.45) is 3.41. The van der Waals surface area contributed by atoms with Crippen molar-refractivity contribution >= 4 is 11.6 Å². The summed E-state index contributed by atoms with van der Waals surface area (Å²) in [5.74, 6) is 0.0858. The van der Waals surface area contributed by atoms with Crippen molar-refractivity contribution in [1.29, 1.82) is 0 Å². The predicted octanol–water partition coefficient (Wildman–Crippen LogP) is 0.872. The number of carboxylic acids is 1. The summed E-state index contributed by atoms with van der Waals surface area (Å²) < 4.78 is 13.0. The van der Waals surface area contributed by atoms with Crippen molar-refractivity contribution in [2.75, 3.05) is 27.3 Å². The van der Waals surface area contributed by atoms with Gasteiger partial charge in [-0.2, -0.15) is 0 Å². The Morgan fingerprint density at radius 3 is 2.57 bits per heavy atom. The molecule has 0 amide bonds. The van der Waals surface area contributed by atoms with Crippen molar-refractivity contribution in [3.8, 4) is 22.8 Å². The van der Waals surface area contributed by atoms with Crippen LogP contribution >= 0.6 is 0 Å². The number of carboxylic acid groups (broad SMARTS) is 1. The van der Waals surface area contributed by atoms with E-state index in [4.69, 9.17) is 14.5 Å². The monoisotopic (exact) mass is 409 g/mol. The summed E-state index contributed by atoms with van der Waals surface area (Å²) in [6, 6.07) is 9.93. The van der Waals surface area contributed by atoms with Gasteiger partial charge in [0.15, 0.2) is 11.5 Å². The van der Waals surface area contributed by atoms with Crippen LogP contribution in [0.5, 0.6) is 11.5 Å². The Kier molecular flexibility index (Phi) is 5.63. The fourth-order valence-corrected chi connectivity index (χ4v) is 4.26. The standard InChI is InChI=1S/C23H27N3O4/c1-15-4-7-21-24-22(17-5-6-19(29-2)20(12-17)30-3)18(26(21)13-15)14-25-10-8-16(9-11-25)23(27)28/h4-7,12-13,16H,8-11,14H2,1-3H3,(H,27,28). The van der Waals surface area contributed by atoms with Crippen molar-refractivity contribution in [3.05, 3.63) is 47.8 Å². The third-order valence-electron chi connectivity index (χ3n) is 5.97. The number of nitrogens with one attached hydrogen (secondary N) is 1. The van der Waals surface area contributed by atoms with Crippen LogP contribution in [0.3, 0.4) is 0 Å². The number of imidazole rings is 1. The molecule has 0 bridgehead atoms. The van der Waals surface area contributed by atoms with Gasteiger partial charge in [-0.1, -0.05) is 6.07 Å². The number of likely N-dealkylation sites (tertiary alicyclic amines) is 1. The van der Waals surface area contributed by atoms with Crippen LogP contribution < -0.4 is 19.5 Å². The zero-order valence-corrected chi connectivity index (χ0v) is 17.6. The van der Waals surface area contributed by atoms with E-state index in [1.165, 1.54) is 4.90 Å². The number of aliphatic carboxylic acids is 1. The number of piperidine rings is 1. The second-order valence-electron chi connectivity index (χ2n) is 7.93. The van der Waals surface area contributed by atoms with Crippen LogP contribution in [-0.4, -0.2) is 42.7 Å². The number of aromatic nitrogens is 2. The molecule has 0 atom stereocenters. The molecule has 1 fully saturated rings. The van der Waals surface area contributed by atoms with E-state index in [0.29, 0.717) is 24.3 Å². The number of quaternary nitrogens is 1. The first kappa shape index (κ1) is 20.2. The maximum Gasteiger partial charge on any atom is 0.161 e. The van der Waals surface area contributed by atoms with Gasteiger partial charge in [-0.15, -0.1) is 0 Å². The van der Waals surface area contributed by atoms with Gasteiger partial charge in [0.05, 0.1) is 33.0 Å². The number of nitrogens with zero attached hydrogens (tertiary/aromatic N) is 2. The molecule has 2 aromatic heterocycles. The maximum atomic E-state index is 11.2. The first-order valence-electron chi connectivity index (χ1n) is 10.2. The predicted molar refractivity (Wildman–Crippen MR) is 111 cm³/mol. The molecule has 0 spiro atoms. The number of benzene rings is 1. The number of aryl methyl sites for hydroxylation is 1. The number of hydrogen-bond donors (Lipinski definition) is 1. The van der Waals surface area contributed by atoms with Crippen molar-refractivity contribution in [3.63, 3.8) is 0 Å². The third kappa shape index (κ3) is 3.85. The van der Waals surface area contributed by atoms with Gasteiger partial charge in [0.1, 0.15) is 17.9 Å². The highest BCUT2D eigenvalue weighted by Gasteiger charge is 2.26. The molecule has 4 rings (SSSR count). The maximum absolute atomic E-state index is 11.2. The van der Waals surface area contributed by atoms with E-state index in [-0.39, 0.29) is 5.92 Å². The first-order valence-corrected chi connectivity index (χ1v) is 10.2. The zero-order valence-electron chi connectivity index (χ0n) is 17.6. The summed E-state index contributed by atoms with van der Waals surface area (Å²) in [5, 5.41) is 11.2. The number of pyridine rings is 1. The molecule has 158 valence electrons. The van der Waals surface area contributed by atoms with Gasteiger partial charge in [0.25, 0.3) is 0 Å². The van der Waals surface area contributed by atoms with Crippen LogP contribution in [0.15, 0.2) is 36.5 Å². The first-order chi connectivity index (χ1) is 14.5. The van der Waals surface area contributed by atoms with Gasteiger partial charge in [-0.25, -0.2) is 4.98 Å². The van der Waals surface area contributed by atoms with E-state index >= 15 is 0 Å². The van der Waals surface area contributed by atoms with E-state index in [2.05, 4.69) is 23.6 Å². The summed E-state index contributed by atoms with van der Waals surface area (Å²) in [7, 11) is 3.25. The van der Waals surface area contributed by atoms with Crippen LogP contribution in [0.2, 0.25) is 0 Å². The lowest BCUT2D eigenvalue weighted by Gasteiger charge is -2.29. The third-order valence-corrected chi connectivity index (χ3v) is 5.97. The number of hydrogen-bond acceptors (Lipinski definition) is 5. The smallest absolute Gasteiger partial charge is 0.161 e. The lowest BCUT2D eigenvalue weighted by Crippen LogP contribution is -3.12. The summed E-state index contributed by atoms with van der Waals surface area (Å²) >= 11 is 0. The van der Waals surface area contributed by atoms with Gasteiger partial charge in [0, 0.05) is 36.5 Å². The molecule has 7 heteroatoms. The van der Waals surface area contributed by atoms with Crippen molar-refractivity contribution < 1.29 is 24.3 Å². The Morgan fingerprint density at radius 2 is 1.90 bits per heavy atom. The molecule has 1 N–H and O–H groups in total. The number of carbonyl (C=O) groups is 1. The van der Waals surface area contributed by atoms with Crippen LogP contribution in [0.1, 0.15) is 24.1 Å². The largest absolute Gasteiger partial charge is 0.550 e. The lowest BCUT2D eigenvalue weighted by molar-refractivity contribution is -0.919. The Labute approximate surface area is 175 Å². The second-order valence-corrected chi connectivity index (χ2v) is 7.93. The average molecular weight is 409 g/mol. The topological polar surface area (TPSA) is 80.3 Å².